The number of nitrogens with one attached hydrogen (secondary N) is 1. The topological polar surface area (TPSA) is 90.0 Å². The van der Waals surface area contributed by atoms with Crippen LogP contribution in [0.1, 0.15) is 17.5 Å². The number of hydrogen-bond donors (Lipinski definition) is 1. The number of amides is 2. The van der Waals surface area contributed by atoms with Crippen LogP contribution in [0.4, 0.5) is 9.93 Å². The van der Waals surface area contributed by atoms with E-state index in [1.807, 2.05) is 0 Å². The van der Waals surface area contributed by atoms with Crippen molar-refractivity contribution in [3.8, 4) is 0 Å². The van der Waals surface area contributed by atoms with E-state index in [1.54, 1.807) is 11.8 Å². The largest absolute Gasteiger partial charge is 0.494 e. The average molecular weight is 339 g/mol. The predicted molar refractivity (Wildman–Crippen MR) is 81.9 cm³/mol. The minimum atomic E-state index is -0.391. The molecular formula is C14H17N3O5S. The summed E-state index contributed by atoms with van der Waals surface area (Å²) in [4.78, 5) is 30.8. The van der Waals surface area contributed by atoms with Crippen LogP contribution in [0.5, 0.6) is 0 Å². The highest BCUT2D eigenvalue weighted by molar-refractivity contribution is 7.15. The van der Waals surface area contributed by atoms with Crippen LogP contribution in [0.3, 0.4) is 0 Å². The van der Waals surface area contributed by atoms with Gasteiger partial charge in [-0.05, 0) is 6.92 Å². The fourth-order valence-corrected chi connectivity index (χ4v) is 3.28. The average Bonchev–Trinajstić information content (AvgIpc) is 2.97. The van der Waals surface area contributed by atoms with Gasteiger partial charge in [0.2, 0.25) is 5.76 Å². The third kappa shape index (κ3) is 3.55. The first kappa shape index (κ1) is 15.6. The molecule has 0 fully saturated rings. The predicted octanol–water partition coefficient (Wildman–Crippen LogP) is 1.48. The standard InChI is InChI=1S/C14H17N3O5S/c1-2-21-14(19)17-4-3-9-11(7-17)23-13(15-9)16-12(18)10-8-20-5-6-22-10/h8H,2-7H2,1H3,(H,15,16,18). The van der Waals surface area contributed by atoms with Crippen LogP contribution >= 0.6 is 11.3 Å². The molecule has 8 nitrogen and oxygen atoms in total. The van der Waals surface area contributed by atoms with Gasteiger partial charge in [0.25, 0.3) is 5.91 Å². The van der Waals surface area contributed by atoms with Crippen molar-refractivity contribution in [2.24, 2.45) is 0 Å². The molecule has 1 N–H and O–H groups in total. The normalized spacial score (nSPS) is 16.6. The first-order chi connectivity index (χ1) is 11.2. The molecule has 0 aliphatic carbocycles. The number of nitrogens with zero attached hydrogens (tertiary/aromatic N) is 2. The lowest BCUT2D eigenvalue weighted by atomic mass is 10.2. The molecule has 3 rings (SSSR count). The Morgan fingerprint density at radius 1 is 1.48 bits per heavy atom. The van der Waals surface area contributed by atoms with Crippen LogP contribution in [0.15, 0.2) is 12.0 Å². The second-order valence-electron chi connectivity index (χ2n) is 4.91. The third-order valence-electron chi connectivity index (χ3n) is 3.35. The van der Waals surface area contributed by atoms with E-state index in [9.17, 15) is 9.59 Å². The van der Waals surface area contributed by atoms with E-state index in [1.165, 1.54) is 17.6 Å². The van der Waals surface area contributed by atoms with Crippen molar-refractivity contribution in [3.63, 3.8) is 0 Å². The Labute approximate surface area is 137 Å². The van der Waals surface area contributed by atoms with E-state index in [0.29, 0.717) is 44.5 Å². The number of rotatable bonds is 3. The summed E-state index contributed by atoms with van der Waals surface area (Å²) in [5, 5.41) is 3.19. The van der Waals surface area contributed by atoms with Crippen molar-refractivity contribution in [1.82, 2.24) is 9.88 Å². The molecule has 0 radical (unpaired) electrons. The van der Waals surface area contributed by atoms with E-state index in [2.05, 4.69) is 10.3 Å². The summed E-state index contributed by atoms with van der Waals surface area (Å²) < 4.78 is 15.3. The lowest BCUT2D eigenvalue weighted by molar-refractivity contribution is -0.117. The zero-order chi connectivity index (χ0) is 16.2. The minimum Gasteiger partial charge on any atom is -0.494 e. The molecule has 1 aromatic heterocycles. The van der Waals surface area contributed by atoms with Crippen molar-refractivity contribution in [2.75, 3.05) is 31.7 Å². The zero-order valence-corrected chi connectivity index (χ0v) is 13.5. The van der Waals surface area contributed by atoms with E-state index >= 15 is 0 Å². The molecule has 2 amide bonds. The summed E-state index contributed by atoms with van der Waals surface area (Å²) in [5.74, 6) is -0.254. The SMILES string of the molecule is CCOC(=O)N1CCc2nc(NC(=O)C3=COCCO3)sc2C1. The number of carbonyl (C=O) groups is 2. The van der Waals surface area contributed by atoms with Crippen LogP contribution in [0.2, 0.25) is 0 Å². The molecule has 0 atom stereocenters. The van der Waals surface area contributed by atoms with Crippen LogP contribution in [-0.2, 0) is 32.0 Å². The number of carbonyl (C=O) groups excluding carboxylic acids is 2. The molecule has 2 aliphatic rings. The Hall–Kier alpha value is -2.29. The van der Waals surface area contributed by atoms with Gasteiger partial charge >= 0.3 is 6.09 Å². The Bertz CT molecular complexity index is 642. The van der Waals surface area contributed by atoms with Gasteiger partial charge in [-0.1, -0.05) is 11.3 Å². The summed E-state index contributed by atoms with van der Waals surface area (Å²) in [6.07, 6.45) is 1.62. The molecule has 0 aromatic carbocycles. The maximum Gasteiger partial charge on any atom is 0.410 e. The van der Waals surface area contributed by atoms with Gasteiger partial charge in [-0.15, -0.1) is 0 Å². The van der Waals surface area contributed by atoms with Crippen LogP contribution in [-0.4, -0.2) is 48.2 Å². The monoisotopic (exact) mass is 339 g/mol. The fraction of sp³-hybridized carbons (Fsp3) is 0.500. The maximum atomic E-state index is 12.0. The molecule has 0 bridgehead atoms. The maximum absolute atomic E-state index is 12.0. The Kier molecular flexibility index (Phi) is 4.65. The van der Waals surface area contributed by atoms with Gasteiger partial charge in [0.05, 0.1) is 18.8 Å². The van der Waals surface area contributed by atoms with Gasteiger partial charge in [0.1, 0.15) is 19.5 Å². The van der Waals surface area contributed by atoms with Gasteiger partial charge in [-0.2, -0.15) is 0 Å². The summed E-state index contributed by atoms with van der Waals surface area (Å²) in [6.45, 7) is 3.92. The molecule has 124 valence electrons. The van der Waals surface area contributed by atoms with Crippen molar-refractivity contribution in [3.05, 3.63) is 22.6 Å². The molecule has 0 spiro atoms. The number of hydrogen-bond acceptors (Lipinski definition) is 7. The summed E-state index contributed by atoms with van der Waals surface area (Å²) in [5.41, 5.74) is 0.903. The lowest BCUT2D eigenvalue weighted by Crippen LogP contribution is -2.35. The number of fused-ring (bicyclic) bond motifs is 1. The van der Waals surface area contributed by atoms with Gasteiger partial charge in [0, 0.05) is 17.8 Å². The van der Waals surface area contributed by atoms with Gasteiger partial charge in [-0.25, -0.2) is 9.78 Å². The van der Waals surface area contributed by atoms with E-state index < -0.39 is 5.91 Å². The second kappa shape index (κ2) is 6.86. The Balaban J connectivity index is 1.65. The van der Waals surface area contributed by atoms with Gasteiger partial charge < -0.3 is 19.1 Å². The van der Waals surface area contributed by atoms with Crippen molar-refractivity contribution >= 4 is 28.5 Å². The molecular weight excluding hydrogens is 322 g/mol. The summed E-state index contributed by atoms with van der Waals surface area (Å²) in [7, 11) is 0. The van der Waals surface area contributed by atoms with Gasteiger partial charge in [-0.3, -0.25) is 10.1 Å². The molecule has 1 aromatic rings. The molecule has 0 unspecified atom stereocenters. The first-order valence-electron chi connectivity index (χ1n) is 7.33. The molecule has 23 heavy (non-hydrogen) atoms. The summed E-state index contributed by atoms with van der Waals surface area (Å²) >= 11 is 1.35. The first-order valence-corrected chi connectivity index (χ1v) is 8.15. The number of ether oxygens (including phenoxy) is 3. The van der Waals surface area contributed by atoms with Crippen LogP contribution < -0.4 is 5.32 Å². The smallest absolute Gasteiger partial charge is 0.410 e. The van der Waals surface area contributed by atoms with Crippen molar-refractivity contribution in [2.45, 2.75) is 19.9 Å². The number of aromatic nitrogens is 1. The van der Waals surface area contributed by atoms with Crippen molar-refractivity contribution in [1.29, 1.82) is 0 Å². The van der Waals surface area contributed by atoms with Crippen molar-refractivity contribution < 1.29 is 23.8 Å². The number of thiazole rings is 1. The third-order valence-corrected chi connectivity index (χ3v) is 4.35. The molecule has 9 heteroatoms. The van der Waals surface area contributed by atoms with E-state index in [-0.39, 0.29) is 11.9 Å². The fourth-order valence-electron chi connectivity index (χ4n) is 2.27. The lowest BCUT2D eigenvalue weighted by Gasteiger charge is -2.24. The van der Waals surface area contributed by atoms with Crippen LogP contribution in [0.25, 0.3) is 0 Å². The highest BCUT2D eigenvalue weighted by Crippen LogP contribution is 2.29. The zero-order valence-electron chi connectivity index (χ0n) is 12.7. The highest BCUT2D eigenvalue weighted by Gasteiger charge is 2.26. The Morgan fingerprint density at radius 3 is 3.09 bits per heavy atom. The molecule has 3 heterocycles. The van der Waals surface area contributed by atoms with E-state index in [4.69, 9.17) is 14.2 Å². The second-order valence-corrected chi connectivity index (χ2v) is 6.00. The molecule has 2 aliphatic heterocycles. The molecule has 0 saturated carbocycles. The quantitative estimate of drug-likeness (QED) is 0.897. The van der Waals surface area contributed by atoms with Gasteiger partial charge in [0.15, 0.2) is 5.13 Å². The Morgan fingerprint density at radius 2 is 2.35 bits per heavy atom. The number of anilines is 1. The van der Waals surface area contributed by atoms with Crippen LogP contribution in [0, 0.1) is 0 Å². The highest BCUT2D eigenvalue weighted by atomic mass is 32.1. The van der Waals surface area contributed by atoms with E-state index in [0.717, 1.165) is 10.6 Å². The minimum absolute atomic E-state index is 0.137. The molecule has 0 saturated heterocycles. The summed E-state index contributed by atoms with van der Waals surface area (Å²) in [6, 6.07) is 0.